The van der Waals surface area contributed by atoms with Crippen molar-refractivity contribution in [1.82, 2.24) is 5.32 Å². The molecule has 1 aromatic carbocycles. The molecule has 0 aliphatic carbocycles. The van der Waals surface area contributed by atoms with Crippen LogP contribution in [-0.2, 0) is 10.0 Å². The first-order valence-corrected chi connectivity index (χ1v) is 7.55. The Balaban J connectivity index is 2.72. The summed E-state index contributed by atoms with van der Waals surface area (Å²) in [6.07, 6.45) is 0. The number of halogens is 2. The smallest absolute Gasteiger partial charge is 0.234 e. The van der Waals surface area contributed by atoms with Gasteiger partial charge in [-0.15, -0.1) is 0 Å². The molecule has 4 nitrogen and oxygen atoms in total. The van der Waals surface area contributed by atoms with E-state index in [0.29, 0.717) is 17.6 Å². The van der Waals surface area contributed by atoms with Crippen molar-refractivity contribution < 1.29 is 12.8 Å². The Kier molecular flexibility index (Phi) is 5.35. The Labute approximate surface area is 109 Å². The van der Waals surface area contributed by atoms with Crippen molar-refractivity contribution in [2.24, 2.45) is 0 Å². The van der Waals surface area contributed by atoms with Crippen LogP contribution in [-0.4, -0.2) is 27.3 Å². The lowest BCUT2D eigenvalue weighted by Crippen LogP contribution is -2.26. The highest BCUT2D eigenvalue weighted by molar-refractivity contribution is 9.10. The highest BCUT2D eigenvalue weighted by Gasteiger charge is 2.12. The molecule has 0 atom stereocenters. The molecule has 1 rings (SSSR count). The van der Waals surface area contributed by atoms with E-state index in [1.165, 1.54) is 18.2 Å². The predicted molar refractivity (Wildman–Crippen MR) is 70.1 cm³/mol. The van der Waals surface area contributed by atoms with Crippen molar-refractivity contribution >= 4 is 31.6 Å². The van der Waals surface area contributed by atoms with Gasteiger partial charge >= 0.3 is 0 Å². The summed E-state index contributed by atoms with van der Waals surface area (Å²) in [6.45, 7) is 2.91. The molecule has 0 aromatic heterocycles. The number of hydrogen-bond acceptors (Lipinski definition) is 3. The van der Waals surface area contributed by atoms with Crippen LogP contribution in [0.1, 0.15) is 6.92 Å². The molecular formula is C10H14BrFN2O2S. The van der Waals surface area contributed by atoms with Crippen LogP contribution in [0.3, 0.4) is 0 Å². The van der Waals surface area contributed by atoms with Gasteiger partial charge in [0.1, 0.15) is 5.82 Å². The maximum Gasteiger partial charge on any atom is 0.234 e. The monoisotopic (exact) mass is 324 g/mol. The van der Waals surface area contributed by atoms with Crippen LogP contribution in [0.2, 0.25) is 0 Å². The third-order valence-corrected chi connectivity index (χ3v) is 3.76. The molecule has 0 fully saturated rings. The van der Waals surface area contributed by atoms with Crippen LogP contribution in [0, 0.1) is 5.82 Å². The van der Waals surface area contributed by atoms with Crippen LogP contribution >= 0.6 is 15.9 Å². The SMILES string of the molecule is CCNCCS(=O)(=O)Nc1cc(Br)ccc1F. The minimum absolute atomic E-state index is 0.0455. The summed E-state index contributed by atoms with van der Waals surface area (Å²) in [4.78, 5) is 0. The van der Waals surface area contributed by atoms with Gasteiger partial charge in [-0.25, -0.2) is 12.8 Å². The molecule has 0 amide bonds. The van der Waals surface area contributed by atoms with E-state index in [0.717, 1.165) is 0 Å². The number of nitrogens with one attached hydrogen (secondary N) is 2. The van der Waals surface area contributed by atoms with E-state index in [-0.39, 0.29) is 11.4 Å². The average Bonchev–Trinajstić information content (AvgIpc) is 2.23. The van der Waals surface area contributed by atoms with Crippen LogP contribution in [0.25, 0.3) is 0 Å². The fourth-order valence-corrected chi connectivity index (χ4v) is 2.55. The molecular weight excluding hydrogens is 311 g/mol. The minimum Gasteiger partial charge on any atom is -0.316 e. The molecule has 0 aliphatic heterocycles. The lowest BCUT2D eigenvalue weighted by Gasteiger charge is -2.09. The molecule has 0 radical (unpaired) electrons. The zero-order valence-corrected chi connectivity index (χ0v) is 11.7. The van der Waals surface area contributed by atoms with Crippen molar-refractivity contribution in [3.05, 3.63) is 28.5 Å². The summed E-state index contributed by atoms with van der Waals surface area (Å²) in [7, 11) is -3.52. The summed E-state index contributed by atoms with van der Waals surface area (Å²) in [5.74, 6) is -0.687. The predicted octanol–water partition coefficient (Wildman–Crippen LogP) is 1.94. The van der Waals surface area contributed by atoms with Gasteiger partial charge in [0.25, 0.3) is 0 Å². The molecule has 96 valence electrons. The van der Waals surface area contributed by atoms with Gasteiger partial charge in [-0.05, 0) is 24.7 Å². The van der Waals surface area contributed by atoms with Crippen molar-refractivity contribution in [2.45, 2.75) is 6.92 Å². The average molecular weight is 325 g/mol. The largest absolute Gasteiger partial charge is 0.316 e. The number of sulfonamides is 1. The number of hydrogen-bond donors (Lipinski definition) is 2. The van der Waals surface area contributed by atoms with Crippen LogP contribution in [0.15, 0.2) is 22.7 Å². The molecule has 0 bridgehead atoms. The first kappa shape index (κ1) is 14.4. The van der Waals surface area contributed by atoms with Gasteiger partial charge in [-0.1, -0.05) is 22.9 Å². The van der Waals surface area contributed by atoms with Crippen LogP contribution in [0.5, 0.6) is 0 Å². The summed E-state index contributed by atoms with van der Waals surface area (Å²) in [6, 6.07) is 4.10. The van der Waals surface area contributed by atoms with E-state index in [9.17, 15) is 12.8 Å². The Morgan fingerprint density at radius 3 is 2.76 bits per heavy atom. The minimum atomic E-state index is -3.52. The standard InChI is InChI=1S/C10H14BrFN2O2S/c1-2-13-5-6-17(15,16)14-10-7-8(11)3-4-9(10)12/h3-4,7,13-14H,2,5-6H2,1H3. The lowest BCUT2D eigenvalue weighted by molar-refractivity contribution is 0.594. The molecule has 0 saturated heterocycles. The van der Waals surface area contributed by atoms with Crippen molar-refractivity contribution in [3.63, 3.8) is 0 Å². The summed E-state index contributed by atoms with van der Waals surface area (Å²) >= 11 is 3.15. The number of anilines is 1. The van der Waals surface area contributed by atoms with E-state index >= 15 is 0 Å². The van der Waals surface area contributed by atoms with Gasteiger partial charge in [-0.2, -0.15) is 0 Å². The molecule has 2 N–H and O–H groups in total. The molecule has 0 spiro atoms. The molecule has 7 heteroatoms. The maximum absolute atomic E-state index is 13.3. The first-order valence-electron chi connectivity index (χ1n) is 5.11. The third-order valence-electron chi connectivity index (χ3n) is 1.99. The second-order valence-corrected chi connectivity index (χ2v) is 6.16. The van der Waals surface area contributed by atoms with Gasteiger partial charge in [0.15, 0.2) is 0 Å². The second-order valence-electron chi connectivity index (χ2n) is 3.40. The van der Waals surface area contributed by atoms with E-state index in [4.69, 9.17) is 0 Å². The highest BCUT2D eigenvalue weighted by Crippen LogP contribution is 2.20. The Hall–Kier alpha value is -0.660. The van der Waals surface area contributed by atoms with E-state index < -0.39 is 15.8 Å². The fraction of sp³-hybridized carbons (Fsp3) is 0.400. The van der Waals surface area contributed by atoms with Gasteiger partial charge in [0.05, 0.1) is 11.4 Å². The van der Waals surface area contributed by atoms with Gasteiger partial charge in [0, 0.05) is 11.0 Å². The van der Waals surface area contributed by atoms with Crippen molar-refractivity contribution in [1.29, 1.82) is 0 Å². The Morgan fingerprint density at radius 1 is 1.41 bits per heavy atom. The second kappa shape index (κ2) is 6.32. The maximum atomic E-state index is 13.3. The van der Waals surface area contributed by atoms with Crippen LogP contribution in [0.4, 0.5) is 10.1 Å². The lowest BCUT2D eigenvalue weighted by atomic mass is 10.3. The molecule has 1 aromatic rings. The molecule has 0 saturated carbocycles. The van der Waals surface area contributed by atoms with E-state index in [1.807, 2.05) is 6.92 Å². The van der Waals surface area contributed by atoms with E-state index in [2.05, 4.69) is 26.0 Å². The zero-order chi connectivity index (χ0) is 12.9. The molecule has 0 unspecified atom stereocenters. The summed E-state index contributed by atoms with van der Waals surface area (Å²) < 4.78 is 39.4. The fourth-order valence-electron chi connectivity index (χ4n) is 1.18. The first-order chi connectivity index (χ1) is 7.94. The summed E-state index contributed by atoms with van der Waals surface area (Å²) in [5, 5.41) is 2.89. The number of rotatable bonds is 6. The van der Waals surface area contributed by atoms with Crippen molar-refractivity contribution in [2.75, 3.05) is 23.6 Å². The van der Waals surface area contributed by atoms with Gasteiger partial charge in [0.2, 0.25) is 10.0 Å². The molecule has 0 heterocycles. The van der Waals surface area contributed by atoms with E-state index in [1.54, 1.807) is 0 Å². The summed E-state index contributed by atoms with van der Waals surface area (Å²) in [5.41, 5.74) is -0.0455. The quantitative estimate of drug-likeness (QED) is 0.786. The Bertz CT molecular complexity index is 479. The number of benzene rings is 1. The topological polar surface area (TPSA) is 58.2 Å². The van der Waals surface area contributed by atoms with Gasteiger partial charge < -0.3 is 5.32 Å². The Morgan fingerprint density at radius 2 is 2.12 bits per heavy atom. The zero-order valence-electron chi connectivity index (χ0n) is 9.33. The van der Waals surface area contributed by atoms with Crippen LogP contribution < -0.4 is 10.0 Å². The molecule has 0 aliphatic rings. The van der Waals surface area contributed by atoms with Crippen molar-refractivity contribution in [3.8, 4) is 0 Å². The molecule has 17 heavy (non-hydrogen) atoms. The van der Waals surface area contributed by atoms with Gasteiger partial charge in [-0.3, -0.25) is 4.72 Å². The third kappa shape index (κ3) is 5.01. The normalized spacial score (nSPS) is 11.5. The highest BCUT2D eigenvalue weighted by atomic mass is 79.9.